The molecule has 0 fully saturated rings. The minimum absolute atomic E-state index is 0. The molecule has 0 aliphatic heterocycles. The second-order valence-electron chi connectivity index (χ2n) is 1.79. The second-order valence-corrected chi connectivity index (χ2v) is 19.7. The zero-order valence-electron chi connectivity index (χ0n) is 9.82. The van der Waals surface area contributed by atoms with Gasteiger partial charge in [0.05, 0.1) is 0 Å². The molecule has 8 nitrogen and oxygen atoms in total. The van der Waals surface area contributed by atoms with Gasteiger partial charge in [-0.05, 0) is 0 Å². The molecule has 0 heterocycles. The summed E-state index contributed by atoms with van der Waals surface area (Å²) in [5.41, 5.74) is -14.9. The molecule has 23 heavy (non-hydrogen) atoms. The average Bonchev–Trinajstić information content (AvgIpc) is 1.62. The van der Waals surface area contributed by atoms with E-state index in [4.69, 9.17) is 0 Å². The van der Waals surface area contributed by atoms with Crippen molar-refractivity contribution in [3.05, 3.63) is 0 Å². The number of rotatable bonds is 0. The summed E-state index contributed by atoms with van der Waals surface area (Å²) in [5, 5.41) is 0. The Balaban J connectivity index is -0.0000000284. The third kappa shape index (κ3) is 490. The van der Waals surface area contributed by atoms with E-state index in [-0.39, 0.29) is 78.6 Å². The van der Waals surface area contributed by atoms with Gasteiger partial charge in [-0.25, -0.2) is 0 Å². The summed E-state index contributed by atoms with van der Waals surface area (Å²) in [7, 11) is 0. The van der Waals surface area contributed by atoms with Crippen molar-refractivity contribution in [2.45, 2.75) is 0 Å². The predicted octanol–water partition coefficient (Wildman–Crippen LogP) is -6.09. The molecule has 0 rings (SSSR count). The second kappa shape index (κ2) is 23.0. The van der Waals surface area contributed by atoms with Crippen molar-refractivity contribution in [2.24, 2.45) is 0 Å². The van der Waals surface area contributed by atoms with Gasteiger partial charge in [0.15, 0.2) is 0 Å². The van der Waals surface area contributed by atoms with E-state index < -0.39 is 22.8 Å². The van der Waals surface area contributed by atoms with Crippen LogP contribution in [0.2, 0.25) is 0 Å². The van der Waals surface area contributed by atoms with E-state index in [1.54, 1.807) is 0 Å². The molecule has 0 atom stereocenters. The first kappa shape index (κ1) is 47.2. The molecule has 0 N–H and O–H groups in total. The largest absolute Gasteiger partial charge is 4.00 e. The molecular formula is O8P4S8Zr3. The van der Waals surface area contributed by atoms with Gasteiger partial charge in [-0.2, -0.15) is 47.2 Å². The summed E-state index contributed by atoms with van der Waals surface area (Å²) in [5.74, 6) is 0. The Kier molecular flexibility index (Phi) is 47.2. The van der Waals surface area contributed by atoms with Crippen LogP contribution in [0.3, 0.4) is 0 Å². The van der Waals surface area contributed by atoms with E-state index in [2.05, 4.69) is 96.2 Å². The quantitative estimate of drug-likeness (QED) is 0.167. The molecule has 0 unspecified atom stereocenters. The van der Waals surface area contributed by atoms with Crippen molar-refractivity contribution in [2.75, 3.05) is 0 Å². The van der Waals surface area contributed by atoms with Crippen molar-refractivity contribution in [3.63, 3.8) is 0 Å². The molecule has 128 valence electrons. The Labute approximate surface area is 232 Å². The van der Waals surface area contributed by atoms with Crippen LogP contribution >= 0.6 is 22.8 Å². The first-order valence-electron chi connectivity index (χ1n) is 2.92. The molecule has 0 bridgehead atoms. The molecule has 0 spiro atoms. The predicted molar refractivity (Wildman–Crippen MR) is 86.6 cm³/mol. The van der Waals surface area contributed by atoms with Crippen LogP contribution in [0, 0.1) is 0 Å². The van der Waals surface area contributed by atoms with E-state index in [1.807, 2.05) is 0 Å². The third-order valence-electron chi connectivity index (χ3n) is 0. The van der Waals surface area contributed by atoms with Gasteiger partial charge in [0, 0.05) is 0 Å². The molecule has 0 aliphatic rings. The fraction of sp³-hybridized carbons (Fsp3) is 0. The van der Waals surface area contributed by atoms with Crippen LogP contribution in [0.4, 0.5) is 0 Å². The van der Waals surface area contributed by atoms with Crippen LogP contribution in [0.15, 0.2) is 0 Å². The van der Waals surface area contributed by atoms with Gasteiger partial charge in [0.1, 0.15) is 0 Å². The van der Waals surface area contributed by atoms with Crippen LogP contribution in [0.1, 0.15) is 0 Å². The van der Waals surface area contributed by atoms with Crippen LogP contribution in [-0.4, -0.2) is 0 Å². The van der Waals surface area contributed by atoms with E-state index in [1.165, 1.54) is 0 Å². The zero-order chi connectivity index (χ0) is 18.0. The molecule has 0 aromatic carbocycles. The Morgan fingerprint density at radius 1 is 0.391 bits per heavy atom. The molecule has 0 radical (unpaired) electrons. The standard InChI is InChI=1S/4H3O2PS2.3Zr/c4*1-3(2,4)5;;;/h4*(H3,1,2,4,5);;;/q;;;;3*+4/p-12. The fourth-order valence-corrected chi connectivity index (χ4v) is 0. The summed E-state index contributed by atoms with van der Waals surface area (Å²) < 4.78 is 0. The Morgan fingerprint density at radius 2 is 0.391 bits per heavy atom. The Bertz CT molecular complexity index is 308. The maximum atomic E-state index is 9.29. The molecule has 23 heteroatoms. The van der Waals surface area contributed by atoms with Crippen molar-refractivity contribution in [1.82, 2.24) is 0 Å². The Morgan fingerprint density at radius 3 is 0.391 bits per heavy atom. The van der Waals surface area contributed by atoms with Gasteiger partial charge in [-0.1, -0.05) is 0 Å². The van der Waals surface area contributed by atoms with Crippen LogP contribution in [0.25, 0.3) is 0 Å². The van der Waals surface area contributed by atoms with Crippen molar-refractivity contribution in [3.8, 4) is 0 Å². The van der Waals surface area contributed by atoms with E-state index in [0.29, 0.717) is 0 Å². The summed E-state index contributed by atoms with van der Waals surface area (Å²) in [6, 6.07) is 0. The first-order chi connectivity index (χ1) is 8.00. The van der Waals surface area contributed by atoms with Crippen LogP contribution < -0.4 is 39.1 Å². The fourth-order valence-electron chi connectivity index (χ4n) is 0. The van der Waals surface area contributed by atoms with Crippen LogP contribution in [-0.2, 0) is 175 Å². The van der Waals surface area contributed by atoms with Crippen LogP contribution in [0.5, 0.6) is 0 Å². The maximum absolute atomic E-state index is 9.29. The molecule has 0 saturated heterocycles. The van der Waals surface area contributed by atoms with Gasteiger partial charge in [-0.3, -0.25) is 0 Å². The third-order valence-corrected chi connectivity index (χ3v) is 0. The van der Waals surface area contributed by atoms with E-state index in [9.17, 15) is 39.1 Å². The molecule has 0 aliphatic carbocycles. The molecule has 0 saturated carbocycles. The summed E-state index contributed by atoms with van der Waals surface area (Å²) >= 11 is 29.1. The molecule has 0 aromatic heterocycles. The topological polar surface area (TPSA) is 184 Å². The van der Waals surface area contributed by atoms with Crippen molar-refractivity contribution >= 4 is 119 Å². The molecule has 0 amide bonds. The minimum atomic E-state index is -3.72. The number of hydrogen-bond acceptors (Lipinski definition) is 16. The SMILES string of the molecule is [O-]P([O-])(=S)[S-].[O-]P([O-])(=S)[S-].[O-]P([O-])(=S)[S-].[O-]P([O-])(=S)[S-].[Zr+4].[Zr+4].[Zr+4]. The number of hydrogen-bond donors (Lipinski definition) is 0. The van der Waals surface area contributed by atoms with E-state index >= 15 is 0 Å². The smallest absolute Gasteiger partial charge is 0.850 e. The van der Waals surface area contributed by atoms with Gasteiger partial charge in [-0.15, -0.1) is 0 Å². The minimum Gasteiger partial charge on any atom is -0.850 e. The van der Waals surface area contributed by atoms with Gasteiger partial charge in [0.2, 0.25) is 0 Å². The monoisotopic (exact) mass is 777 g/mol. The van der Waals surface area contributed by atoms with Gasteiger partial charge < -0.3 is 111 Å². The van der Waals surface area contributed by atoms with Gasteiger partial charge in [0.25, 0.3) is 0 Å². The zero-order valence-corrected chi connectivity index (χ0v) is 27.3. The first-order valence-corrected chi connectivity index (χ1v) is 17.5. The summed E-state index contributed by atoms with van der Waals surface area (Å²) in [4.78, 5) is 74.3. The summed E-state index contributed by atoms with van der Waals surface area (Å²) in [6.45, 7) is 0. The van der Waals surface area contributed by atoms with Gasteiger partial charge >= 0.3 is 78.6 Å². The maximum Gasteiger partial charge on any atom is 4.00 e. The summed E-state index contributed by atoms with van der Waals surface area (Å²) in [6.07, 6.45) is 0. The molecule has 0 aromatic rings. The Hall–Kier alpha value is 6.33. The molecular weight excluding hydrogens is 782 g/mol. The average molecular weight is 782 g/mol. The van der Waals surface area contributed by atoms with Crippen molar-refractivity contribution < 1.29 is 118 Å². The van der Waals surface area contributed by atoms with E-state index in [0.717, 1.165) is 0 Å². The van der Waals surface area contributed by atoms with Crippen molar-refractivity contribution in [1.29, 1.82) is 0 Å². The normalized spacial score (nSPS) is 10.3.